The third-order valence-corrected chi connectivity index (χ3v) is 5.83. The molecule has 0 radical (unpaired) electrons. The Hall–Kier alpha value is -2.54. The van der Waals surface area contributed by atoms with Crippen molar-refractivity contribution in [3.05, 3.63) is 53.6 Å². The average Bonchev–Trinajstić information content (AvgIpc) is 2.69. The van der Waals surface area contributed by atoms with E-state index in [1.165, 1.54) is 6.26 Å². The summed E-state index contributed by atoms with van der Waals surface area (Å²) in [5, 5.41) is 3.03. The molecule has 6 nitrogen and oxygen atoms in total. The summed E-state index contributed by atoms with van der Waals surface area (Å²) in [6.45, 7) is 3.07. The Kier molecular flexibility index (Phi) is 6.24. The van der Waals surface area contributed by atoms with E-state index in [9.17, 15) is 13.2 Å². The van der Waals surface area contributed by atoms with E-state index in [1.54, 1.807) is 24.3 Å². The average molecular weight is 404 g/mol. The standard InChI is InChI=1S/C21H25NO5S/c1-3-18(16-6-8-17(9-7-16)28(2,24)25)22-21(23)11-5-15-4-10-19-20(14-15)27-13-12-26-19/h4,6-10,14,18H,3,5,11-13H2,1-2H3,(H,22,23)/t18-/m1/s1. The highest BCUT2D eigenvalue weighted by Gasteiger charge is 2.16. The maximum absolute atomic E-state index is 12.4. The van der Waals surface area contributed by atoms with E-state index in [2.05, 4.69) is 5.32 Å². The molecule has 1 heterocycles. The second-order valence-corrected chi connectivity index (χ2v) is 8.86. The molecule has 0 bridgehead atoms. The van der Waals surface area contributed by atoms with Gasteiger partial charge in [-0.2, -0.15) is 0 Å². The molecule has 1 atom stereocenters. The van der Waals surface area contributed by atoms with E-state index < -0.39 is 9.84 Å². The number of sulfone groups is 1. The Balaban J connectivity index is 1.58. The number of carbonyl (C=O) groups excluding carboxylic acids is 1. The number of rotatable bonds is 7. The summed E-state index contributed by atoms with van der Waals surface area (Å²) in [6.07, 6.45) is 2.86. The lowest BCUT2D eigenvalue weighted by atomic mass is 10.0. The van der Waals surface area contributed by atoms with Gasteiger partial charge in [0.25, 0.3) is 0 Å². The van der Waals surface area contributed by atoms with Gasteiger partial charge < -0.3 is 14.8 Å². The van der Waals surface area contributed by atoms with Crippen molar-refractivity contribution in [1.29, 1.82) is 0 Å². The number of ether oxygens (including phenoxy) is 2. The Labute approximate surface area is 165 Å². The Morgan fingerprint density at radius 3 is 2.39 bits per heavy atom. The summed E-state index contributed by atoms with van der Waals surface area (Å²) in [6, 6.07) is 12.3. The maximum atomic E-state index is 12.4. The molecular formula is C21H25NO5S. The SMILES string of the molecule is CC[C@@H](NC(=O)CCc1ccc2c(c1)OCCO2)c1ccc(S(C)(=O)=O)cc1. The van der Waals surface area contributed by atoms with E-state index in [1.807, 2.05) is 25.1 Å². The van der Waals surface area contributed by atoms with Crippen molar-refractivity contribution in [3.63, 3.8) is 0 Å². The summed E-state index contributed by atoms with van der Waals surface area (Å²) in [5.74, 6) is 1.42. The smallest absolute Gasteiger partial charge is 0.220 e. The molecule has 0 aliphatic carbocycles. The van der Waals surface area contributed by atoms with Gasteiger partial charge in [0, 0.05) is 12.7 Å². The van der Waals surface area contributed by atoms with Crippen LogP contribution in [-0.4, -0.2) is 33.8 Å². The molecule has 2 aromatic rings. The van der Waals surface area contributed by atoms with Gasteiger partial charge in [0.2, 0.25) is 5.91 Å². The first-order valence-corrected chi connectivity index (χ1v) is 11.2. The molecule has 2 aromatic carbocycles. The number of aryl methyl sites for hydroxylation is 1. The van der Waals surface area contributed by atoms with Crippen molar-refractivity contribution in [2.45, 2.75) is 37.1 Å². The van der Waals surface area contributed by atoms with E-state index >= 15 is 0 Å². The van der Waals surface area contributed by atoms with Gasteiger partial charge in [0.15, 0.2) is 21.3 Å². The lowest BCUT2D eigenvalue weighted by Crippen LogP contribution is -2.28. The molecule has 0 spiro atoms. The lowest BCUT2D eigenvalue weighted by molar-refractivity contribution is -0.121. The molecule has 1 N–H and O–H groups in total. The number of hydrogen-bond acceptors (Lipinski definition) is 5. The molecule has 28 heavy (non-hydrogen) atoms. The van der Waals surface area contributed by atoms with E-state index in [-0.39, 0.29) is 16.8 Å². The fourth-order valence-electron chi connectivity index (χ4n) is 3.14. The minimum atomic E-state index is -3.23. The van der Waals surface area contributed by atoms with Crippen LogP contribution in [0, 0.1) is 0 Å². The molecule has 3 rings (SSSR count). The Bertz CT molecular complexity index is 938. The fraction of sp³-hybridized carbons (Fsp3) is 0.381. The van der Waals surface area contributed by atoms with Crippen molar-refractivity contribution in [3.8, 4) is 11.5 Å². The molecule has 1 amide bonds. The second-order valence-electron chi connectivity index (χ2n) is 6.85. The number of benzene rings is 2. The zero-order valence-electron chi connectivity index (χ0n) is 16.1. The molecule has 0 unspecified atom stereocenters. The normalized spacial score (nSPS) is 14.4. The molecule has 0 saturated heterocycles. The summed E-state index contributed by atoms with van der Waals surface area (Å²) >= 11 is 0. The quantitative estimate of drug-likeness (QED) is 0.768. The molecule has 0 aromatic heterocycles. The number of fused-ring (bicyclic) bond motifs is 1. The van der Waals surface area contributed by atoms with Crippen molar-refractivity contribution in [1.82, 2.24) is 5.32 Å². The van der Waals surface area contributed by atoms with Gasteiger partial charge in [-0.25, -0.2) is 8.42 Å². The lowest BCUT2D eigenvalue weighted by Gasteiger charge is -2.19. The summed E-state index contributed by atoms with van der Waals surface area (Å²) < 4.78 is 34.3. The van der Waals surface area contributed by atoms with Gasteiger partial charge >= 0.3 is 0 Å². The zero-order chi connectivity index (χ0) is 20.1. The van der Waals surface area contributed by atoms with Crippen molar-refractivity contribution in [2.75, 3.05) is 19.5 Å². The number of amides is 1. The van der Waals surface area contributed by atoms with Gasteiger partial charge in [-0.05, 0) is 48.2 Å². The molecule has 150 valence electrons. The summed E-state index contributed by atoms with van der Waals surface area (Å²) in [5.41, 5.74) is 1.91. The summed E-state index contributed by atoms with van der Waals surface area (Å²) in [7, 11) is -3.23. The van der Waals surface area contributed by atoms with E-state index in [4.69, 9.17) is 9.47 Å². The largest absolute Gasteiger partial charge is 0.486 e. The van der Waals surface area contributed by atoms with Gasteiger partial charge in [0.05, 0.1) is 10.9 Å². The monoisotopic (exact) mass is 403 g/mol. The topological polar surface area (TPSA) is 81.7 Å². The minimum Gasteiger partial charge on any atom is -0.486 e. The number of carbonyl (C=O) groups is 1. The molecule has 0 fully saturated rings. The van der Waals surface area contributed by atoms with Crippen LogP contribution >= 0.6 is 0 Å². The van der Waals surface area contributed by atoms with Crippen LogP contribution in [0.15, 0.2) is 47.4 Å². The molecule has 1 aliphatic rings. The summed E-state index contributed by atoms with van der Waals surface area (Å²) in [4.78, 5) is 12.7. The molecule has 1 aliphatic heterocycles. The van der Waals surface area contributed by atoms with Crippen LogP contribution in [0.2, 0.25) is 0 Å². The third kappa shape index (κ3) is 5.04. The molecular weight excluding hydrogens is 378 g/mol. The van der Waals surface area contributed by atoms with Crippen LogP contribution in [0.5, 0.6) is 11.5 Å². The number of nitrogens with one attached hydrogen (secondary N) is 1. The highest BCUT2D eigenvalue weighted by Crippen LogP contribution is 2.31. The maximum Gasteiger partial charge on any atom is 0.220 e. The van der Waals surface area contributed by atoms with Crippen LogP contribution < -0.4 is 14.8 Å². The minimum absolute atomic E-state index is 0.0473. The highest BCUT2D eigenvalue weighted by molar-refractivity contribution is 7.90. The van der Waals surface area contributed by atoms with E-state index in [0.29, 0.717) is 32.5 Å². The van der Waals surface area contributed by atoms with Crippen molar-refractivity contribution >= 4 is 15.7 Å². The van der Waals surface area contributed by atoms with Crippen molar-refractivity contribution in [2.24, 2.45) is 0 Å². The third-order valence-electron chi connectivity index (χ3n) is 4.70. The van der Waals surface area contributed by atoms with E-state index in [0.717, 1.165) is 22.6 Å². The Morgan fingerprint density at radius 2 is 1.75 bits per heavy atom. The van der Waals surface area contributed by atoms with Gasteiger partial charge in [-0.1, -0.05) is 25.1 Å². The second kappa shape index (κ2) is 8.65. The fourth-order valence-corrected chi connectivity index (χ4v) is 3.77. The number of hydrogen-bond donors (Lipinski definition) is 1. The van der Waals surface area contributed by atoms with Crippen molar-refractivity contribution < 1.29 is 22.7 Å². The Morgan fingerprint density at radius 1 is 1.07 bits per heavy atom. The molecule has 0 saturated carbocycles. The van der Waals surface area contributed by atoms with Crippen LogP contribution in [0.4, 0.5) is 0 Å². The van der Waals surface area contributed by atoms with Gasteiger partial charge in [0.1, 0.15) is 13.2 Å². The van der Waals surface area contributed by atoms with Gasteiger partial charge in [-0.15, -0.1) is 0 Å². The first-order chi connectivity index (χ1) is 13.4. The van der Waals surface area contributed by atoms with Crippen LogP contribution in [0.3, 0.4) is 0 Å². The first kappa shape index (κ1) is 20.2. The van der Waals surface area contributed by atoms with Crippen LogP contribution in [0.25, 0.3) is 0 Å². The molecule has 7 heteroatoms. The zero-order valence-corrected chi connectivity index (χ0v) is 16.9. The predicted molar refractivity (Wildman–Crippen MR) is 106 cm³/mol. The van der Waals surface area contributed by atoms with Crippen LogP contribution in [0.1, 0.15) is 36.9 Å². The highest BCUT2D eigenvalue weighted by atomic mass is 32.2. The van der Waals surface area contributed by atoms with Crippen LogP contribution in [-0.2, 0) is 21.1 Å². The first-order valence-electron chi connectivity index (χ1n) is 9.34. The van der Waals surface area contributed by atoms with Gasteiger partial charge in [-0.3, -0.25) is 4.79 Å². The predicted octanol–water partition coefficient (Wildman–Crippen LogP) is 3.06.